The zero-order chi connectivity index (χ0) is 27.3. The van der Waals surface area contributed by atoms with Gasteiger partial charge in [0.1, 0.15) is 5.75 Å². The monoisotopic (exact) mass is 530 g/mol. The van der Waals surface area contributed by atoms with Crippen LogP contribution >= 0.6 is 0 Å². The Morgan fingerprint density at radius 3 is 2.76 bits per heavy atom. The molecule has 6 nitrogen and oxygen atoms in total. The Labute approximate surface area is 220 Å². The van der Waals surface area contributed by atoms with Crippen LogP contribution in [-0.2, 0) is 17.4 Å². The molecule has 0 saturated carbocycles. The van der Waals surface area contributed by atoms with Gasteiger partial charge in [-0.25, -0.2) is 0 Å². The van der Waals surface area contributed by atoms with Crippen LogP contribution in [0.4, 0.5) is 13.2 Å². The number of aryl methyl sites for hydroxylation is 1. The Morgan fingerprint density at radius 1 is 1.21 bits per heavy atom. The van der Waals surface area contributed by atoms with E-state index < -0.39 is 29.7 Å². The first-order valence-corrected chi connectivity index (χ1v) is 12.9. The summed E-state index contributed by atoms with van der Waals surface area (Å²) in [5.41, 5.74) is 1.40. The number of aliphatic carboxylic acids is 1. The Kier molecular flexibility index (Phi) is 8.89. The van der Waals surface area contributed by atoms with Gasteiger partial charge in [-0.1, -0.05) is 18.2 Å². The van der Waals surface area contributed by atoms with Crippen LogP contribution in [0.1, 0.15) is 54.9 Å². The molecule has 0 bridgehead atoms. The number of methoxy groups -OCH3 is 1. The van der Waals surface area contributed by atoms with Crippen molar-refractivity contribution in [3.05, 3.63) is 71.4 Å². The van der Waals surface area contributed by atoms with E-state index in [1.54, 1.807) is 25.4 Å². The Hall–Kier alpha value is -3.17. The first-order chi connectivity index (χ1) is 18.2. The van der Waals surface area contributed by atoms with Gasteiger partial charge in [-0.2, -0.15) is 13.2 Å². The van der Waals surface area contributed by atoms with E-state index in [4.69, 9.17) is 4.74 Å². The van der Waals surface area contributed by atoms with Gasteiger partial charge in [0.25, 0.3) is 0 Å². The quantitative estimate of drug-likeness (QED) is 0.341. The molecule has 1 aliphatic heterocycles. The molecule has 1 aromatic heterocycles. The van der Waals surface area contributed by atoms with Gasteiger partial charge in [0.2, 0.25) is 0 Å². The molecule has 0 spiro atoms. The normalized spacial score (nSPS) is 19.4. The van der Waals surface area contributed by atoms with Crippen molar-refractivity contribution < 1.29 is 32.9 Å². The predicted molar refractivity (Wildman–Crippen MR) is 138 cm³/mol. The van der Waals surface area contributed by atoms with Crippen LogP contribution in [0.25, 0.3) is 10.9 Å². The first-order valence-electron chi connectivity index (χ1n) is 12.9. The number of piperidine rings is 1. The molecule has 0 radical (unpaired) electrons. The number of fused-ring (bicyclic) bond motifs is 1. The van der Waals surface area contributed by atoms with Gasteiger partial charge in [0.05, 0.1) is 30.2 Å². The maximum absolute atomic E-state index is 13.1. The Morgan fingerprint density at radius 2 is 2.03 bits per heavy atom. The number of aliphatic hydroxyl groups excluding tert-OH is 1. The summed E-state index contributed by atoms with van der Waals surface area (Å²) < 4.78 is 44.5. The van der Waals surface area contributed by atoms with E-state index >= 15 is 0 Å². The molecule has 38 heavy (non-hydrogen) atoms. The molecular formula is C29H33F3N2O4. The summed E-state index contributed by atoms with van der Waals surface area (Å²) in [5.74, 6) is -0.755. The van der Waals surface area contributed by atoms with Crippen molar-refractivity contribution in [1.82, 2.24) is 9.88 Å². The molecule has 204 valence electrons. The number of nitrogens with zero attached hydrogens (tertiary/aromatic N) is 2. The van der Waals surface area contributed by atoms with Gasteiger partial charge in [-0.15, -0.1) is 0 Å². The van der Waals surface area contributed by atoms with Gasteiger partial charge < -0.3 is 14.9 Å². The number of carbonyl (C=O) groups is 1. The molecule has 0 aliphatic carbocycles. The summed E-state index contributed by atoms with van der Waals surface area (Å²) in [6, 6.07) is 12.3. The molecule has 1 saturated heterocycles. The zero-order valence-electron chi connectivity index (χ0n) is 21.3. The summed E-state index contributed by atoms with van der Waals surface area (Å²) in [5, 5.41) is 21.8. The minimum Gasteiger partial charge on any atom is -0.497 e. The summed E-state index contributed by atoms with van der Waals surface area (Å²) in [7, 11) is 1.57. The highest BCUT2D eigenvalue weighted by Gasteiger charge is 2.36. The molecule has 9 heteroatoms. The highest BCUT2D eigenvalue weighted by atomic mass is 19.4. The molecule has 3 unspecified atom stereocenters. The van der Waals surface area contributed by atoms with Crippen molar-refractivity contribution in [3.8, 4) is 5.75 Å². The maximum atomic E-state index is 13.1. The minimum absolute atomic E-state index is 0.264. The fourth-order valence-corrected chi connectivity index (χ4v) is 5.51. The van der Waals surface area contributed by atoms with Crippen molar-refractivity contribution in [3.63, 3.8) is 0 Å². The fourth-order valence-electron chi connectivity index (χ4n) is 5.51. The molecule has 3 atom stereocenters. The third-order valence-electron chi connectivity index (χ3n) is 7.45. The van der Waals surface area contributed by atoms with Crippen molar-refractivity contribution in [2.75, 3.05) is 20.2 Å². The number of hydrogen-bond donors (Lipinski definition) is 2. The highest BCUT2D eigenvalue weighted by Crippen LogP contribution is 2.33. The van der Waals surface area contributed by atoms with Crippen molar-refractivity contribution in [2.24, 2.45) is 5.92 Å². The molecule has 1 fully saturated rings. The lowest BCUT2D eigenvalue weighted by Gasteiger charge is -2.40. The molecule has 3 aromatic rings. The summed E-state index contributed by atoms with van der Waals surface area (Å²) >= 11 is 0. The van der Waals surface area contributed by atoms with Gasteiger partial charge in [-0.05, 0) is 93.1 Å². The van der Waals surface area contributed by atoms with Crippen LogP contribution in [0.3, 0.4) is 0 Å². The average molecular weight is 531 g/mol. The molecule has 2 N–H and O–H groups in total. The number of rotatable bonds is 10. The zero-order valence-corrected chi connectivity index (χ0v) is 21.3. The van der Waals surface area contributed by atoms with Crippen LogP contribution in [0.15, 0.2) is 54.7 Å². The maximum Gasteiger partial charge on any atom is 0.416 e. The van der Waals surface area contributed by atoms with E-state index in [-0.39, 0.29) is 6.04 Å². The molecule has 2 heterocycles. The largest absolute Gasteiger partial charge is 0.497 e. The summed E-state index contributed by atoms with van der Waals surface area (Å²) in [6.45, 7) is 1.30. The number of aliphatic hydroxyl groups is 1. The molecular weight excluding hydrogens is 497 g/mol. The van der Waals surface area contributed by atoms with E-state index in [0.717, 1.165) is 29.9 Å². The molecule has 1 aliphatic rings. The van der Waals surface area contributed by atoms with Crippen molar-refractivity contribution in [2.45, 2.75) is 56.8 Å². The van der Waals surface area contributed by atoms with E-state index in [9.17, 15) is 28.2 Å². The fraction of sp³-hybridized carbons (Fsp3) is 0.448. The van der Waals surface area contributed by atoms with E-state index in [2.05, 4.69) is 9.88 Å². The van der Waals surface area contributed by atoms with Crippen molar-refractivity contribution in [1.29, 1.82) is 0 Å². The number of halogens is 3. The highest BCUT2D eigenvalue weighted by molar-refractivity contribution is 5.83. The second kappa shape index (κ2) is 12.1. The topological polar surface area (TPSA) is 82.9 Å². The van der Waals surface area contributed by atoms with Crippen LogP contribution in [0.5, 0.6) is 5.75 Å². The number of pyridine rings is 1. The predicted octanol–water partition coefficient (Wildman–Crippen LogP) is 5.87. The Balaban J connectivity index is 1.44. The lowest BCUT2D eigenvalue weighted by molar-refractivity contribution is -0.146. The number of carboxylic acids is 1. The second-order valence-corrected chi connectivity index (χ2v) is 9.87. The summed E-state index contributed by atoms with van der Waals surface area (Å²) in [6.07, 6.45) is -0.298. The Bertz CT molecular complexity index is 1250. The van der Waals surface area contributed by atoms with Crippen LogP contribution in [0.2, 0.25) is 0 Å². The van der Waals surface area contributed by atoms with Crippen LogP contribution in [-0.4, -0.2) is 52.3 Å². The second-order valence-electron chi connectivity index (χ2n) is 9.87. The standard InChI is InChI=1S/C29H33F3N2O4/c1-38-21-9-10-25-24(18-21)22(13-14-33-25)27(35)12-11-26-23(28(36)37)8-4-16-34(26)15-3-6-19-5-2-7-20(17-19)29(30,31)32/h2,5,7,9-10,13-14,17-18,23,26-27,35H,3-4,6,8,11-12,15-16H2,1H3,(H,36,37). The van der Waals surface area contributed by atoms with E-state index in [0.29, 0.717) is 55.5 Å². The third-order valence-corrected chi connectivity index (χ3v) is 7.45. The van der Waals surface area contributed by atoms with Gasteiger partial charge in [0, 0.05) is 17.6 Å². The lowest BCUT2D eigenvalue weighted by Crippen LogP contribution is -2.48. The lowest BCUT2D eigenvalue weighted by atomic mass is 9.84. The number of likely N-dealkylation sites (tertiary alicyclic amines) is 1. The number of aromatic nitrogens is 1. The van der Waals surface area contributed by atoms with Gasteiger partial charge in [-0.3, -0.25) is 14.7 Å². The van der Waals surface area contributed by atoms with Crippen molar-refractivity contribution >= 4 is 16.9 Å². The van der Waals surface area contributed by atoms with Gasteiger partial charge >= 0.3 is 12.1 Å². The third kappa shape index (κ3) is 6.63. The SMILES string of the molecule is COc1ccc2nccc(C(O)CCC3C(C(=O)O)CCCN3CCCc3cccc(C(F)(F)F)c3)c2c1. The number of alkyl halides is 3. The summed E-state index contributed by atoms with van der Waals surface area (Å²) in [4.78, 5) is 18.6. The molecule has 4 rings (SSSR count). The molecule has 2 aromatic carbocycles. The molecule has 0 amide bonds. The average Bonchev–Trinajstić information content (AvgIpc) is 2.91. The van der Waals surface area contributed by atoms with Crippen LogP contribution in [0, 0.1) is 5.92 Å². The number of hydrogen-bond acceptors (Lipinski definition) is 5. The van der Waals surface area contributed by atoms with Crippen LogP contribution < -0.4 is 4.74 Å². The number of carboxylic acid groups (broad SMARTS) is 1. The van der Waals surface area contributed by atoms with Gasteiger partial charge in [0.15, 0.2) is 0 Å². The number of ether oxygens (including phenoxy) is 1. The van der Waals surface area contributed by atoms with E-state index in [1.807, 2.05) is 18.2 Å². The van der Waals surface area contributed by atoms with E-state index in [1.165, 1.54) is 12.1 Å². The smallest absolute Gasteiger partial charge is 0.416 e. The first kappa shape index (κ1) is 27.9. The minimum atomic E-state index is -4.38. The number of benzene rings is 2.